The topological polar surface area (TPSA) is 74.6 Å². The summed E-state index contributed by atoms with van der Waals surface area (Å²) >= 11 is 0. The summed E-state index contributed by atoms with van der Waals surface area (Å²) in [6.45, 7) is 5.44. The summed E-state index contributed by atoms with van der Waals surface area (Å²) in [6.07, 6.45) is 7.85. The SMILES string of the molecule is CCCCCCCCc1cccc(C(C)C(=O)O)c1C(C)C(=O)O. The van der Waals surface area contributed by atoms with Crippen LogP contribution in [0.5, 0.6) is 0 Å². The van der Waals surface area contributed by atoms with Crippen molar-refractivity contribution in [2.24, 2.45) is 0 Å². The molecule has 0 fully saturated rings. The highest BCUT2D eigenvalue weighted by Gasteiger charge is 2.25. The fourth-order valence-corrected chi connectivity index (χ4v) is 3.11. The summed E-state index contributed by atoms with van der Waals surface area (Å²) in [6, 6.07) is 5.54. The van der Waals surface area contributed by atoms with Crippen molar-refractivity contribution in [2.75, 3.05) is 0 Å². The van der Waals surface area contributed by atoms with E-state index in [0.29, 0.717) is 11.1 Å². The normalized spacial score (nSPS) is 13.5. The van der Waals surface area contributed by atoms with Crippen molar-refractivity contribution in [3.05, 3.63) is 34.9 Å². The van der Waals surface area contributed by atoms with Crippen LogP contribution in [0, 0.1) is 0 Å². The largest absolute Gasteiger partial charge is 0.481 e. The Bertz CT molecular complexity index is 551. The Morgan fingerprint density at radius 2 is 1.50 bits per heavy atom. The lowest BCUT2D eigenvalue weighted by molar-refractivity contribution is -0.140. The van der Waals surface area contributed by atoms with Gasteiger partial charge in [-0.05, 0) is 43.4 Å². The molecule has 4 nitrogen and oxygen atoms in total. The van der Waals surface area contributed by atoms with Gasteiger partial charge in [0, 0.05) is 0 Å². The van der Waals surface area contributed by atoms with Crippen LogP contribution in [0.25, 0.3) is 0 Å². The van der Waals surface area contributed by atoms with E-state index in [1.54, 1.807) is 19.9 Å². The molecule has 134 valence electrons. The van der Waals surface area contributed by atoms with Gasteiger partial charge in [-0.2, -0.15) is 0 Å². The van der Waals surface area contributed by atoms with E-state index in [2.05, 4.69) is 6.92 Å². The Morgan fingerprint density at radius 3 is 2.08 bits per heavy atom. The minimum absolute atomic E-state index is 0.626. The smallest absolute Gasteiger partial charge is 0.310 e. The molecule has 0 saturated carbocycles. The maximum atomic E-state index is 11.5. The number of aliphatic carboxylic acids is 2. The van der Waals surface area contributed by atoms with E-state index in [4.69, 9.17) is 0 Å². The van der Waals surface area contributed by atoms with Crippen molar-refractivity contribution in [3.8, 4) is 0 Å². The van der Waals surface area contributed by atoms with Gasteiger partial charge in [-0.15, -0.1) is 0 Å². The van der Waals surface area contributed by atoms with Gasteiger partial charge in [-0.25, -0.2) is 0 Å². The molecule has 1 aromatic carbocycles. The molecule has 0 saturated heterocycles. The number of carboxylic acids is 2. The van der Waals surface area contributed by atoms with Crippen molar-refractivity contribution in [1.82, 2.24) is 0 Å². The lowest BCUT2D eigenvalue weighted by Crippen LogP contribution is -2.17. The first kappa shape index (κ1) is 20.2. The molecule has 0 radical (unpaired) electrons. The molecule has 0 aromatic heterocycles. The predicted octanol–water partition coefficient (Wildman–Crippen LogP) is 4.97. The number of unbranched alkanes of at least 4 members (excludes halogenated alkanes) is 5. The first-order chi connectivity index (χ1) is 11.4. The molecule has 0 spiro atoms. The molecule has 0 heterocycles. The number of carboxylic acid groups (broad SMARTS) is 2. The van der Waals surface area contributed by atoms with Crippen LogP contribution in [-0.2, 0) is 16.0 Å². The molecule has 0 bridgehead atoms. The molecule has 1 rings (SSSR count). The third-order valence-electron chi connectivity index (χ3n) is 4.67. The number of aryl methyl sites for hydroxylation is 1. The van der Waals surface area contributed by atoms with Crippen molar-refractivity contribution in [3.63, 3.8) is 0 Å². The monoisotopic (exact) mass is 334 g/mol. The van der Waals surface area contributed by atoms with E-state index in [1.165, 1.54) is 25.7 Å². The highest BCUT2D eigenvalue weighted by atomic mass is 16.4. The molecule has 1 aromatic rings. The van der Waals surface area contributed by atoms with Gasteiger partial charge in [0.15, 0.2) is 0 Å². The Morgan fingerprint density at radius 1 is 0.917 bits per heavy atom. The van der Waals surface area contributed by atoms with E-state index in [9.17, 15) is 19.8 Å². The fraction of sp³-hybridized carbons (Fsp3) is 0.600. The van der Waals surface area contributed by atoms with Gasteiger partial charge in [-0.3, -0.25) is 9.59 Å². The van der Waals surface area contributed by atoms with Crippen LogP contribution >= 0.6 is 0 Å². The highest BCUT2D eigenvalue weighted by molar-refractivity contribution is 5.80. The summed E-state index contributed by atoms with van der Waals surface area (Å²) in [5, 5.41) is 18.7. The van der Waals surface area contributed by atoms with Crippen LogP contribution in [0.1, 0.15) is 87.8 Å². The minimum atomic E-state index is -0.925. The van der Waals surface area contributed by atoms with Crippen LogP contribution in [0.15, 0.2) is 18.2 Å². The van der Waals surface area contributed by atoms with Gasteiger partial charge in [-0.1, -0.05) is 57.2 Å². The number of benzene rings is 1. The summed E-state index contributed by atoms with van der Waals surface area (Å²) in [7, 11) is 0. The number of hydrogen-bond donors (Lipinski definition) is 2. The Labute approximate surface area is 144 Å². The third kappa shape index (κ3) is 5.66. The molecule has 0 amide bonds. The molecule has 0 aliphatic carbocycles. The van der Waals surface area contributed by atoms with Gasteiger partial charge in [0.05, 0.1) is 11.8 Å². The van der Waals surface area contributed by atoms with Crippen LogP contribution in [0.4, 0.5) is 0 Å². The molecule has 2 unspecified atom stereocenters. The van der Waals surface area contributed by atoms with Crippen LogP contribution in [0.3, 0.4) is 0 Å². The van der Waals surface area contributed by atoms with Crippen molar-refractivity contribution in [2.45, 2.75) is 77.6 Å². The van der Waals surface area contributed by atoms with Crippen LogP contribution in [0.2, 0.25) is 0 Å². The third-order valence-corrected chi connectivity index (χ3v) is 4.67. The standard InChI is InChI=1S/C20H30O4/c1-4-5-6-7-8-9-11-16-12-10-13-17(14(2)19(21)22)18(16)15(3)20(23)24/h10,12-15H,4-9,11H2,1-3H3,(H,21,22)(H,23,24). The quantitative estimate of drug-likeness (QED) is 0.561. The molecule has 2 N–H and O–H groups in total. The van der Waals surface area contributed by atoms with Gasteiger partial charge < -0.3 is 10.2 Å². The van der Waals surface area contributed by atoms with E-state index in [1.807, 2.05) is 12.1 Å². The van der Waals surface area contributed by atoms with Crippen molar-refractivity contribution < 1.29 is 19.8 Å². The minimum Gasteiger partial charge on any atom is -0.481 e. The molecule has 24 heavy (non-hydrogen) atoms. The van der Waals surface area contributed by atoms with Gasteiger partial charge in [0.1, 0.15) is 0 Å². The number of rotatable bonds is 11. The second-order valence-corrected chi connectivity index (χ2v) is 6.56. The second-order valence-electron chi connectivity index (χ2n) is 6.56. The maximum absolute atomic E-state index is 11.5. The average Bonchev–Trinajstić information content (AvgIpc) is 2.56. The highest BCUT2D eigenvalue weighted by Crippen LogP contribution is 2.31. The van der Waals surface area contributed by atoms with Gasteiger partial charge in [0.25, 0.3) is 0 Å². The Hall–Kier alpha value is -1.84. The van der Waals surface area contributed by atoms with E-state index in [-0.39, 0.29) is 0 Å². The predicted molar refractivity (Wildman–Crippen MR) is 95.6 cm³/mol. The van der Waals surface area contributed by atoms with Crippen molar-refractivity contribution in [1.29, 1.82) is 0 Å². The number of carbonyl (C=O) groups is 2. The lowest BCUT2D eigenvalue weighted by atomic mass is 9.84. The zero-order chi connectivity index (χ0) is 18.1. The van der Waals surface area contributed by atoms with Gasteiger partial charge >= 0.3 is 11.9 Å². The van der Waals surface area contributed by atoms with E-state index < -0.39 is 23.8 Å². The van der Waals surface area contributed by atoms with Crippen LogP contribution < -0.4 is 0 Å². The van der Waals surface area contributed by atoms with Crippen molar-refractivity contribution >= 4 is 11.9 Å². The summed E-state index contributed by atoms with van der Waals surface area (Å²) in [4.78, 5) is 22.9. The summed E-state index contributed by atoms with van der Waals surface area (Å²) in [5.74, 6) is -3.24. The average molecular weight is 334 g/mol. The van der Waals surface area contributed by atoms with E-state index in [0.717, 1.165) is 24.8 Å². The molecular formula is C20H30O4. The Kier molecular flexibility index (Phi) is 8.51. The lowest BCUT2D eigenvalue weighted by Gasteiger charge is -2.20. The Balaban J connectivity index is 2.95. The first-order valence-corrected chi connectivity index (χ1v) is 8.97. The van der Waals surface area contributed by atoms with Crippen LogP contribution in [-0.4, -0.2) is 22.2 Å². The molecular weight excluding hydrogens is 304 g/mol. The summed E-state index contributed by atoms with van der Waals surface area (Å²) in [5.41, 5.74) is 2.29. The van der Waals surface area contributed by atoms with Gasteiger partial charge in [0.2, 0.25) is 0 Å². The molecule has 0 aliphatic rings. The maximum Gasteiger partial charge on any atom is 0.310 e. The van der Waals surface area contributed by atoms with E-state index >= 15 is 0 Å². The summed E-state index contributed by atoms with van der Waals surface area (Å²) < 4.78 is 0. The molecule has 2 atom stereocenters. The molecule has 0 aliphatic heterocycles. The first-order valence-electron chi connectivity index (χ1n) is 8.97. The molecule has 4 heteroatoms. The zero-order valence-electron chi connectivity index (χ0n) is 15.0. The number of hydrogen-bond acceptors (Lipinski definition) is 2. The fourth-order valence-electron chi connectivity index (χ4n) is 3.11. The zero-order valence-corrected chi connectivity index (χ0v) is 15.0. The second kappa shape index (κ2) is 10.1.